The third-order valence-corrected chi connectivity index (χ3v) is 7.04. The Kier molecular flexibility index (Phi) is 5.99. The molecule has 0 unspecified atom stereocenters. The summed E-state index contributed by atoms with van der Waals surface area (Å²) in [6.07, 6.45) is 5.38. The van der Waals surface area contributed by atoms with Gasteiger partial charge in [0.1, 0.15) is 22.8 Å². The van der Waals surface area contributed by atoms with Crippen LogP contribution in [-0.2, 0) is 10.0 Å². The molecule has 0 atom stereocenters. The number of nitrogens with one attached hydrogen (secondary N) is 1. The molecule has 0 bridgehead atoms. The van der Waals surface area contributed by atoms with Gasteiger partial charge in [0.25, 0.3) is 0 Å². The number of benzene rings is 1. The predicted octanol–water partition coefficient (Wildman–Crippen LogP) is 3.19. The Labute approximate surface area is 200 Å². The largest absolute Gasteiger partial charge is 0.368 e. The summed E-state index contributed by atoms with van der Waals surface area (Å²) in [5.41, 5.74) is 1.27. The number of halogens is 2. The number of nitrogens with zero attached hydrogens (tertiary/aromatic N) is 6. The van der Waals surface area contributed by atoms with Crippen LogP contribution in [0.5, 0.6) is 0 Å². The lowest BCUT2D eigenvalue weighted by Crippen LogP contribution is -2.48. The van der Waals surface area contributed by atoms with Gasteiger partial charge in [-0.15, -0.1) is 0 Å². The van der Waals surface area contributed by atoms with Gasteiger partial charge in [0.2, 0.25) is 16.0 Å². The summed E-state index contributed by atoms with van der Waals surface area (Å²) < 4.78 is 53.9. The summed E-state index contributed by atoms with van der Waals surface area (Å²) >= 11 is 0. The van der Waals surface area contributed by atoms with E-state index in [1.807, 2.05) is 11.0 Å². The Morgan fingerprint density at radius 1 is 0.943 bits per heavy atom. The van der Waals surface area contributed by atoms with Gasteiger partial charge in [0.05, 0.1) is 24.3 Å². The molecule has 4 heterocycles. The molecule has 1 aliphatic rings. The van der Waals surface area contributed by atoms with Crippen molar-refractivity contribution in [1.82, 2.24) is 24.2 Å². The molecule has 0 spiro atoms. The topological polar surface area (TPSA) is 104 Å². The average Bonchev–Trinajstić information content (AvgIpc) is 2.85. The van der Waals surface area contributed by atoms with Crippen LogP contribution in [0.2, 0.25) is 0 Å². The van der Waals surface area contributed by atoms with Crippen LogP contribution in [0.25, 0.3) is 22.2 Å². The van der Waals surface area contributed by atoms with E-state index in [0.29, 0.717) is 37.4 Å². The highest BCUT2D eigenvalue weighted by Gasteiger charge is 2.23. The summed E-state index contributed by atoms with van der Waals surface area (Å²) in [7, 11) is -3.20. The number of fused-ring (bicyclic) bond motifs is 1. The fourth-order valence-corrected chi connectivity index (χ4v) is 4.78. The molecule has 0 saturated carbocycles. The number of hydrogen-bond donors (Lipinski definition) is 1. The van der Waals surface area contributed by atoms with E-state index < -0.39 is 21.7 Å². The van der Waals surface area contributed by atoms with Gasteiger partial charge in [-0.3, -0.25) is 4.98 Å². The van der Waals surface area contributed by atoms with Gasteiger partial charge in [-0.05, 0) is 30.3 Å². The number of rotatable bonds is 5. The number of aromatic nitrogens is 4. The Hall–Kier alpha value is -3.77. The zero-order chi connectivity index (χ0) is 24.6. The Balaban J connectivity index is 1.33. The summed E-state index contributed by atoms with van der Waals surface area (Å²) in [4.78, 5) is 18.6. The highest BCUT2D eigenvalue weighted by molar-refractivity contribution is 7.88. The molecule has 1 fully saturated rings. The number of piperazine rings is 1. The second-order valence-electron chi connectivity index (χ2n) is 8.10. The molecule has 5 rings (SSSR count). The molecule has 1 aliphatic heterocycles. The summed E-state index contributed by atoms with van der Waals surface area (Å²) in [6.45, 7) is 1.94. The van der Waals surface area contributed by atoms with E-state index in [4.69, 9.17) is 0 Å². The number of pyridine rings is 2. The second kappa shape index (κ2) is 9.12. The average molecular weight is 498 g/mol. The van der Waals surface area contributed by atoms with Crippen molar-refractivity contribution in [1.29, 1.82) is 0 Å². The summed E-state index contributed by atoms with van der Waals surface area (Å²) in [6, 6.07) is 9.77. The molecular formula is C23H21F2N7O2S. The predicted molar refractivity (Wildman–Crippen MR) is 129 cm³/mol. The molecule has 4 aromatic rings. The SMILES string of the molecule is CS(=O)(=O)N1CCN(c2ccc(Nc3ncc(F)c(-c4cc(F)c5ncccc5c4)n3)nc2)CC1. The number of anilines is 3. The van der Waals surface area contributed by atoms with Gasteiger partial charge in [0.15, 0.2) is 5.82 Å². The van der Waals surface area contributed by atoms with E-state index >= 15 is 0 Å². The lowest BCUT2D eigenvalue weighted by molar-refractivity contribution is 0.388. The minimum Gasteiger partial charge on any atom is -0.368 e. The number of sulfonamides is 1. The van der Waals surface area contributed by atoms with Gasteiger partial charge >= 0.3 is 0 Å². The third-order valence-electron chi connectivity index (χ3n) is 5.74. The maximum Gasteiger partial charge on any atom is 0.229 e. The molecule has 1 N–H and O–H groups in total. The quantitative estimate of drug-likeness (QED) is 0.448. The monoisotopic (exact) mass is 497 g/mol. The zero-order valence-corrected chi connectivity index (χ0v) is 19.5. The molecule has 0 radical (unpaired) electrons. The minimum atomic E-state index is -3.20. The first-order valence-corrected chi connectivity index (χ1v) is 12.6. The number of hydrogen-bond acceptors (Lipinski definition) is 8. The standard InChI is InChI=1S/C23H21F2N7O2S/c1-35(33,34)32-9-7-31(8-10-32)17-4-5-20(27-13-17)29-23-28-14-19(25)22(30-23)16-11-15-3-2-6-26-21(15)18(24)12-16/h2-6,11-14H,7-10H2,1H3,(H,27,28,29,30). The highest BCUT2D eigenvalue weighted by atomic mass is 32.2. The van der Waals surface area contributed by atoms with E-state index in [9.17, 15) is 17.2 Å². The van der Waals surface area contributed by atoms with Crippen molar-refractivity contribution in [2.24, 2.45) is 0 Å². The van der Waals surface area contributed by atoms with Crippen molar-refractivity contribution in [3.63, 3.8) is 0 Å². The summed E-state index contributed by atoms with van der Waals surface area (Å²) in [5.74, 6) is -0.708. The fourth-order valence-electron chi connectivity index (χ4n) is 3.95. The first kappa shape index (κ1) is 23.0. The van der Waals surface area contributed by atoms with Gasteiger partial charge in [0, 0.05) is 43.3 Å². The van der Waals surface area contributed by atoms with Gasteiger partial charge in [-0.1, -0.05) is 6.07 Å². The van der Waals surface area contributed by atoms with Crippen LogP contribution in [0, 0.1) is 11.6 Å². The van der Waals surface area contributed by atoms with Crippen LogP contribution in [0.4, 0.5) is 26.2 Å². The van der Waals surface area contributed by atoms with Gasteiger partial charge in [-0.25, -0.2) is 32.2 Å². The van der Waals surface area contributed by atoms with Crippen LogP contribution in [0.3, 0.4) is 0 Å². The van der Waals surface area contributed by atoms with E-state index in [1.54, 1.807) is 30.5 Å². The minimum absolute atomic E-state index is 0.0486. The van der Waals surface area contributed by atoms with Crippen LogP contribution in [-0.4, -0.2) is 65.1 Å². The van der Waals surface area contributed by atoms with Crippen LogP contribution >= 0.6 is 0 Å². The second-order valence-corrected chi connectivity index (χ2v) is 10.1. The Bertz CT molecular complexity index is 1490. The van der Waals surface area contributed by atoms with Gasteiger partial charge < -0.3 is 10.2 Å². The highest BCUT2D eigenvalue weighted by Crippen LogP contribution is 2.27. The first-order chi connectivity index (χ1) is 16.8. The molecule has 12 heteroatoms. The lowest BCUT2D eigenvalue weighted by Gasteiger charge is -2.34. The normalized spacial score (nSPS) is 14.9. The van der Waals surface area contributed by atoms with Crippen LogP contribution in [0.1, 0.15) is 0 Å². The molecule has 0 amide bonds. The third kappa shape index (κ3) is 4.88. The Morgan fingerprint density at radius 3 is 2.46 bits per heavy atom. The molecule has 35 heavy (non-hydrogen) atoms. The molecule has 3 aromatic heterocycles. The molecular weight excluding hydrogens is 476 g/mol. The van der Waals surface area contributed by atoms with E-state index in [1.165, 1.54) is 22.8 Å². The smallest absolute Gasteiger partial charge is 0.229 e. The van der Waals surface area contributed by atoms with E-state index in [0.717, 1.165) is 11.9 Å². The lowest BCUT2D eigenvalue weighted by atomic mass is 10.1. The fraction of sp³-hybridized carbons (Fsp3) is 0.217. The first-order valence-electron chi connectivity index (χ1n) is 10.8. The van der Waals surface area contributed by atoms with Crippen molar-refractivity contribution in [2.45, 2.75) is 0 Å². The zero-order valence-electron chi connectivity index (χ0n) is 18.7. The maximum atomic E-state index is 14.5. The molecule has 1 saturated heterocycles. The molecule has 1 aromatic carbocycles. The van der Waals surface area contributed by atoms with Crippen molar-refractivity contribution in [2.75, 3.05) is 42.7 Å². The van der Waals surface area contributed by atoms with Crippen molar-refractivity contribution in [3.05, 3.63) is 66.6 Å². The maximum absolute atomic E-state index is 14.5. The Morgan fingerprint density at radius 2 is 1.74 bits per heavy atom. The molecule has 9 nitrogen and oxygen atoms in total. The molecule has 180 valence electrons. The van der Waals surface area contributed by atoms with Crippen molar-refractivity contribution in [3.8, 4) is 11.3 Å². The molecule has 0 aliphatic carbocycles. The van der Waals surface area contributed by atoms with Gasteiger partial charge in [-0.2, -0.15) is 4.31 Å². The van der Waals surface area contributed by atoms with E-state index in [-0.39, 0.29) is 22.7 Å². The van der Waals surface area contributed by atoms with Crippen LogP contribution in [0.15, 0.2) is 55.0 Å². The van der Waals surface area contributed by atoms with Crippen molar-refractivity contribution >= 4 is 38.4 Å². The van der Waals surface area contributed by atoms with E-state index in [2.05, 4.69) is 25.3 Å². The van der Waals surface area contributed by atoms with Crippen molar-refractivity contribution < 1.29 is 17.2 Å². The summed E-state index contributed by atoms with van der Waals surface area (Å²) in [5, 5.41) is 3.47. The van der Waals surface area contributed by atoms with Crippen LogP contribution < -0.4 is 10.2 Å².